The maximum atomic E-state index is 11.2. The third-order valence-electron chi connectivity index (χ3n) is 3.31. The molecule has 1 saturated carbocycles. The molecule has 1 fully saturated rings. The molecule has 1 heterocycles. The Morgan fingerprint density at radius 1 is 1.40 bits per heavy atom. The second-order valence-electron chi connectivity index (χ2n) is 4.97. The molecule has 3 rings (SSSR count). The largest absolute Gasteiger partial charge is 0.478 e. The van der Waals surface area contributed by atoms with E-state index in [1.54, 1.807) is 0 Å². The lowest BCUT2D eigenvalue weighted by atomic mass is 10.1. The Kier molecular flexibility index (Phi) is 3.40. The van der Waals surface area contributed by atoms with Crippen molar-refractivity contribution in [2.24, 2.45) is 0 Å². The highest BCUT2D eigenvalue weighted by Gasteiger charge is 2.30. The van der Waals surface area contributed by atoms with Crippen molar-refractivity contribution in [1.29, 1.82) is 0 Å². The van der Waals surface area contributed by atoms with E-state index in [9.17, 15) is 4.79 Å². The van der Waals surface area contributed by atoms with Gasteiger partial charge in [0.25, 0.3) is 0 Å². The Hall–Kier alpha value is -1.94. The number of aromatic carboxylic acids is 1. The van der Waals surface area contributed by atoms with Crippen molar-refractivity contribution in [2.75, 3.05) is 0 Å². The minimum atomic E-state index is -0.957. The molecule has 0 unspecified atom stereocenters. The summed E-state index contributed by atoms with van der Waals surface area (Å²) in [5.41, 5.74) is 1.91. The predicted molar refractivity (Wildman–Crippen MR) is 75.2 cm³/mol. The number of hydrogen-bond donors (Lipinski definition) is 1. The molecule has 1 aromatic carbocycles. The molecular weight excluding hydrogens is 276 g/mol. The molecule has 0 bridgehead atoms. The molecule has 0 atom stereocenters. The normalized spacial score (nSPS) is 14.2. The van der Waals surface area contributed by atoms with E-state index in [1.807, 2.05) is 24.3 Å². The van der Waals surface area contributed by atoms with E-state index < -0.39 is 5.97 Å². The van der Waals surface area contributed by atoms with E-state index in [1.165, 1.54) is 6.20 Å². The lowest BCUT2D eigenvalue weighted by Gasteiger charge is -2.07. The summed E-state index contributed by atoms with van der Waals surface area (Å²) in [5, 5.41) is 9.84. The fraction of sp³-hybridized carbons (Fsp3) is 0.267. The molecule has 0 aliphatic heterocycles. The third kappa shape index (κ3) is 2.80. The Morgan fingerprint density at radius 3 is 2.85 bits per heavy atom. The Morgan fingerprint density at radius 2 is 2.20 bits per heavy atom. The van der Waals surface area contributed by atoms with Crippen LogP contribution in [0, 0.1) is 0 Å². The maximum Gasteiger partial charge on any atom is 0.339 e. The number of rotatable bonds is 4. The molecule has 5 heteroatoms. The number of halogens is 1. The van der Waals surface area contributed by atoms with Crippen LogP contribution in [0.25, 0.3) is 0 Å². The van der Waals surface area contributed by atoms with Gasteiger partial charge < -0.3 is 5.11 Å². The summed E-state index contributed by atoms with van der Waals surface area (Å²) in [6.07, 6.45) is 3.99. The standard InChI is InChI=1S/C15H13ClN2O2/c16-11-3-1-2-9(6-11)7-13-17-8-12(15(19)20)14(18-13)10-4-5-10/h1-3,6,8,10H,4-5,7H2,(H,19,20). The van der Waals surface area contributed by atoms with Gasteiger partial charge in [-0.25, -0.2) is 14.8 Å². The van der Waals surface area contributed by atoms with Crippen LogP contribution in [-0.4, -0.2) is 21.0 Å². The molecule has 1 N–H and O–H groups in total. The van der Waals surface area contributed by atoms with Crippen LogP contribution >= 0.6 is 11.6 Å². The van der Waals surface area contributed by atoms with Crippen LogP contribution < -0.4 is 0 Å². The van der Waals surface area contributed by atoms with Gasteiger partial charge in [0.2, 0.25) is 0 Å². The highest BCUT2D eigenvalue weighted by atomic mass is 35.5. The molecule has 0 amide bonds. The van der Waals surface area contributed by atoms with Crippen molar-refractivity contribution < 1.29 is 9.90 Å². The number of carboxylic acid groups (broad SMARTS) is 1. The number of hydrogen-bond acceptors (Lipinski definition) is 3. The monoisotopic (exact) mass is 288 g/mol. The first-order valence-corrected chi connectivity index (χ1v) is 6.85. The number of benzene rings is 1. The van der Waals surface area contributed by atoms with Gasteiger partial charge in [0, 0.05) is 23.6 Å². The summed E-state index contributed by atoms with van der Waals surface area (Å²) in [5.74, 6) is -0.0393. The van der Waals surface area contributed by atoms with Gasteiger partial charge in [-0.1, -0.05) is 23.7 Å². The van der Waals surface area contributed by atoms with Crippen LogP contribution in [0.2, 0.25) is 5.02 Å². The maximum absolute atomic E-state index is 11.2. The number of carbonyl (C=O) groups is 1. The van der Waals surface area contributed by atoms with E-state index in [4.69, 9.17) is 16.7 Å². The first-order valence-electron chi connectivity index (χ1n) is 6.47. The van der Waals surface area contributed by atoms with E-state index in [0.717, 1.165) is 18.4 Å². The second-order valence-corrected chi connectivity index (χ2v) is 5.41. The van der Waals surface area contributed by atoms with Crippen molar-refractivity contribution in [3.05, 3.63) is 58.1 Å². The molecule has 4 nitrogen and oxygen atoms in total. The summed E-state index contributed by atoms with van der Waals surface area (Å²) >= 11 is 5.95. The van der Waals surface area contributed by atoms with E-state index in [2.05, 4.69) is 9.97 Å². The molecule has 0 saturated heterocycles. The van der Waals surface area contributed by atoms with E-state index >= 15 is 0 Å². The third-order valence-corrected chi connectivity index (χ3v) is 3.55. The molecule has 1 aromatic heterocycles. The van der Waals surface area contributed by atoms with Crippen LogP contribution in [0.1, 0.15) is 46.2 Å². The Bertz CT molecular complexity index is 669. The summed E-state index contributed by atoms with van der Waals surface area (Å²) in [6, 6.07) is 7.52. The van der Waals surface area contributed by atoms with Crippen LogP contribution in [-0.2, 0) is 6.42 Å². The van der Waals surface area contributed by atoms with Gasteiger partial charge in [-0.2, -0.15) is 0 Å². The molecular formula is C15H13ClN2O2. The molecule has 0 spiro atoms. The van der Waals surface area contributed by atoms with Gasteiger partial charge in [-0.3, -0.25) is 0 Å². The zero-order chi connectivity index (χ0) is 14.1. The fourth-order valence-electron chi connectivity index (χ4n) is 2.18. The lowest BCUT2D eigenvalue weighted by molar-refractivity contribution is 0.0694. The van der Waals surface area contributed by atoms with Gasteiger partial charge in [0.05, 0.1) is 11.3 Å². The number of carboxylic acids is 1. The quantitative estimate of drug-likeness (QED) is 0.937. The van der Waals surface area contributed by atoms with Gasteiger partial charge in [0.15, 0.2) is 0 Å². The molecule has 1 aliphatic carbocycles. The van der Waals surface area contributed by atoms with E-state index in [0.29, 0.717) is 23.0 Å². The highest BCUT2D eigenvalue weighted by Crippen LogP contribution is 2.40. The Balaban J connectivity index is 1.91. The van der Waals surface area contributed by atoms with Crippen molar-refractivity contribution >= 4 is 17.6 Å². The minimum absolute atomic E-state index is 0.224. The van der Waals surface area contributed by atoms with Crippen LogP contribution in [0.3, 0.4) is 0 Å². The van der Waals surface area contributed by atoms with Crippen molar-refractivity contribution in [3.8, 4) is 0 Å². The summed E-state index contributed by atoms with van der Waals surface area (Å²) in [4.78, 5) is 19.8. The van der Waals surface area contributed by atoms with Crippen LogP contribution in [0.5, 0.6) is 0 Å². The zero-order valence-electron chi connectivity index (χ0n) is 10.7. The zero-order valence-corrected chi connectivity index (χ0v) is 11.5. The predicted octanol–water partition coefficient (Wildman–Crippen LogP) is 3.30. The van der Waals surface area contributed by atoms with Gasteiger partial charge in [-0.05, 0) is 30.5 Å². The lowest BCUT2D eigenvalue weighted by Crippen LogP contribution is -2.08. The fourth-order valence-corrected chi connectivity index (χ4v) is 2.39. The van der Waals surface area contributed by atoms with Crippen molar-refractivity contribution in [1.82, 2.24) is 9.97 Å². The smallest absolute Gasteiger partial charge is 0.339 e. The van der Waals surface area contributed by atoms with Crippen molar-refractivity contribution in [2.45, 2.75) is 25.2 Å². The van der Waals surface area contributed by atoms with E-state index in [-0.39, 0.29) is 11.5 Å². The number of aromatic nitrogens is 2. The summed E-state index contributed by atoms with van der Waals surface area (Å²) < 4.78 is 0. The van der Waals surface area contributed by atoms with Gasteiger partial charge in [0.1, 0.15) is 5.82 Å². The first-order chi connectivity index (χ1) is 9.63. The van der Waals surface area contributed by atoms with Crippen LogP contribution in [0.15, 0.2) is 30.5 Å². The van der Waals surface area contributed by atoms with Crippen molar-refractivity contribution in [3.63, 3.8) is 0 Å². The average molecular weight is 289 g/mol. The summed E-state index contributed by atoms with van der Waals surface area (Å²) in [6.45, 7) is 0. The molecule has 20 heavy (non-hydrogen) atoms. The first kappa shape index (κ1) is 13.1. The molecule has 102 valence electrons. The number of nitrogens with zero attached hydrogens (tertiary/aromatic N) is 2. The minimum Gasteiger partial charge on any atom is -0.478 e. The van der Waals surface area contributed by atoms with Crippen LogP contribution in [0.4, 0.5) is 0 Å². The highest BCUT2D eigenvalue weighted by molar-refractivity contribution is 6.30. The van der Waals surface area contributed by atoms with Gasteiger partial charge >= 0.3 is 5.97 Å². The van der Waals surface area contributed by atoms with Gasteiger partial charge in [-0.15, -0.1) is 0 Å². The molecule has 2 aromatic rings. The topological polar surface area (TPSA) is 63.1 Å². The summed E-state index contributed by atoms with van der Waals surface area (Å²) in [7, 11) is 0. The second kappa shape index (κ2) is 5.21. The average Bonchev–Trinajstić information content (AvgIpc) is 3.22. The molecule has 0 radical (unpaired) electrons. The Labute approximate surface area is 121 Å². The molecule has 1 aliphatic rings. The SMILES string of the molecule is O=C(O)c1cnc(Cc2cccc(Cl)c2)nc1C1CC1.